The van der Waals surface area contributed by atoms with Crippen LogP contribution in [0.25, 0.3) is 6.08 Å². The van der Waals surface area contributed by atoms with Crippen molar-refractivity contribution in [1.29, 1.82) is 0 Å². The molecule has 0 aliphatic heterocycles. The van der Waals surface area contributed by atoms with Crippen molar-refractivity contribution in [3.63, 3.8) is 0 Å². The van der Waals surface area contributed by atoms with Gasteiger partial charge in [-0.3, -0.25) is 0 Å². The van der Waals surface area contributed by atoms with Crippen LogP contribution in [0.4, 0.5) is 0 Å². The Hall–Kier alpha value is -1.61. The van der Waals surface area contributed by atoms with Gasteiger partial charge in [-0.2, -0.15) is 0 Å². The average Bonchev–Trinajstić information content (AvgIpc) is 2.76. The van der Waals surface area contributed by atoms with E-state index in [2.05, 4.69) is 55.4 Å². The van der Waals surface area contributed by atoms with Crippen molar-refractivity contribution in [2.24, 2.45) is 5.92 Å². The first-order valence-electron chi connectivity index (χ1n) is 9.85. The SMILES string of the molecule is CN(C)CC1CCCC/C(=C/c2ccccc2)C1(O)Cc1cccc(Cl)c1. The Bertz CT molecular complexity index is 771. The van der Waals surface area contributed by atoms with Gasteiger partial charge in [-0.15, -0.1) is 0 Å². The molecule has 1 aliphatic rings. The van der Waals surface area contributed by atoms with Crippen molar-refractivity contribution in [3.8, 4) is 0 Å². The predicted octanol–water partition coefficient (Wildman–Crippen LogP) is 5.45. The average molecular weight is 384 g/mol. The molecule has 1 N–H and O–H groups in total. The summed E-state index contributed by atoms with van der Waals surface area (Å²) in [6.07, 6.45) is 7.07. The first-order valence-corrected chi connectivity index (χ1v) is 10.2. The van der Waals surface area contributed by atoms with E-state index in [1.165, 1.54) is 0 Å². The summed E-state index contributed by atoms with van der Waals surface area (Å²) in [5, 5.41) is 12.8. The summed E-state index contributed by atoms with van der Waals surface area (Å²) in [7, 11) is 4.18. The molecule has 2 nitrogen and oxygen atoms in total. The van der Waals surface area contributed by atoms with Gasteiger partial charge in [-0.05, 0) is 62.2 Å². The monoisotopic (exact) mass is 383 g/mol. The third-order valence-corrected chi connectivity index (χ3v) is 5.80. The van der Waals surface area contributed by atoms with Crippen LogP contribution in [0.5, 0.6) is 0 Å². The van der Waals surface area contributed by atoms with Crippen molar-refractivity contribution in [2.75, 3.05) is 20.6 Å². The number of hydrogen-bond donors (Lipinski definition) is 1. The number of halogens is 1. The molecule has 3 rings (SSSR count). The molecule has 1 fully saturated rings. The molecular weight excluding hydrogens is 354 g/mol. The van der Waals surface area contributed by atoms with Crippen LogP contribution in [0.1, 0.15) is 36.8 Å². The molecule has 2 aromatic rings. The van der Waals surface area contributed by atoms with E-state index < -0.39 is 5.60 Å². The summed E-state index contributed by atoms with van der Waals surface area (Å²) in [5.74, 6) is 0.198. The zero-order chi connectivity index (χ0) is 19.3. The van der Waals surface area contributed by atoms with Gasteiger partial charge in [0.15, 0.2) is 0 Å². The van der Waals surface area contributed by atoms with Gasteiger partial charge in [0.1, 0.15) is 0 Å². The third-order valence-electron chi connectivity index (χ3n) is 5.57. The highest BCUT2D eigenvalue weighted by Crippen LogP contribution is 2.40. The zero-order valence-corrected chi connectivity index (χ0v) is 17.1. The maximum atomic E-state index is 12.1. The highest BCUT2D eigenvalue weighted by molar-refractivity contribution is 6.30. The standard InChI is InChI=1S/C24H30ClNO/c1-26(2)18-22-13-7-6-12-21(15-19-9-4-3-5-10-19)24(22,27)17-20-11-8-14-23(25)16-20/h3-5,8-11,14-16,22,27H,6-7,12-13,17-18H2,1-2H3/b21-15-. The van der Waals surface area contributed by atoms with Crippen LogP contribution in [0.2, 0.25) is 5.02 Å². The van der Waals surface area contributed by atoms with Crippen molar-refractivity contribution in [3.05, 3.63) is 76.3 Å². The van der Waals surface area contributed by atoms with E-state index in [0.29, 0.717) is 6.42 Å². The van der Waals surface area contributed by atoms with Crippen LogP contribution >= 0.6 is 11.6 Å². The maximum absolute atomic E-state index is 12.1. The number of nitrogens with zero attached hydrogens (tertiary/aromatic N) is 1. The first-order chi connectivity index (χ1) is 13.0. The van der Waals surface area contributed by atoms with Gasteiger partial charge in [0.2, 0.25) is 0 Å². The van der Waals surface area contributed by atoms with Crippen molar-refractivity contribution in [2.45, 2.75) is 37.7 Å². The molecule has 0 spiro atoms. The molecule has 0 amide bonds. The normalized spacial score (nSPS) is 24.9. The second kappa shape index (κ2) is 9.05. The molecule has 0 saturated heterocycles. The molecule has 0 aromatic heterocycles. The summed E-state index contributed by atoms with van der Waals surface area (Å²) in [5.41, 5.74) is 2.54. The molecule has 1 aliphatic carbocycles. The number of rotatable bonds is 5. The number of benzene rings is 2. The highest BCUT2D eigenvalue weighted by atomic mass is 35.5. The fourth-order valence-electron chi connectivity index (χ4n) is 4.27. The molecule has 0 heterocycles. The molecule has 0 radical (unpaired) electrons. The van der Waals surface area contributed by atoms with Gasteiger partial charge in [0.25, 0.3) is 0 Å². The Labute approximate surface area is 168 Å². The van der Waals surface area contributed by atoms with Gasteiger partial charge < -0.3 is 10.0 Å². The van der Waals surface area contributed by atoms with Gasteiger partial charge in [0, 0.05) is 23.9 Å². The van der Waals surface area contributed by atoms with Crippen LogP contribution in [-0.2, 0) is 6.42 Å². The Morgan fingerprint density at radius 1 is 1.11 bits per heavy atom. The Balaban J connectivity index is 2.03. The van der Waals surface area contributed by atoms with Crippen LogP contribution in [0, 0.1) is 5.92 Å². The van der Waals surface area contributed by atoms with Crippen molar-refractivity contribution >= 4 is 17.7 Å². The van der Waals surface area contributed by atoms with E-state index >= 15 is 0 Å². The molecule has 1 saturated carbocycles. The molecule has 2 unspecified atom stereocenters. The van der Waals surface area contributed by atoms with E-state index in [9.17, 15) is 5.11 Å². The Kier molecular flexibility index (Phi) is 6.75. The zero-order valence-electron chi connectivity index (χ0n) is 16.4. The van der Waals surface area contributed by atoms with E-state index in [0.717, 1.165) is 54.0 Å². The lowest BCUT2D eigenvalue weighted by Crippen LogP contribution is -2.45. The van der Waals surface area contributed by atoms with E-state index in [1.54, 1.807) is 0 Å². The van der Waals surface area contributed by atoms with E-state index in [4.69, 9.17) is 11.6 Å². The summed E-state index contributed by atoms with van der Waals surface area (Å²) in [4.78, 5) is 2.19. The molecule has 2 aromatic carbocycles. The lowest BCUT2D eigenvalue weighted by Gasteiger charge is -2.39. The van der Waals surface area contributed by atoms with Crippen molar-refractivity contribution in [1.82, 2.24) is 4.90 Å². The summed E-state index contributed by atoms with van der Waals surface area (Å²) in [6.45, 7) is 0.878. The number of aliphatic hydroxyl groups is 1. The van der Waals surface area contributed by atoms with Gasteiger partial charge in [0.05, 0.1) is 5.60 Å². The smallest absolute Gasteiger partial charge is 0.0940 e. The molecular formula is C24H30ClNO. The second-order valence-corrected chi connectivity index (χ2v) is 8.45. The van der Waals surface area contributed by atoms with E-state index in [-0.39, 0.29) is 5.92 Å². The van der Waals surface area contributed by atoms with Gasteiger partial charge in [-0.25, -0.2) is 0 Å². The fourth-order valence-corrected chi connectivity index (χ4v) is 4.48. The van der Waals surface area contributed by atoms with Gasteiger partial charge in [-0.1, -0.05) is 66.6 Å². The van der Waals surface area contributed by atoms with Gasteiger partial charge >= 0.3 is 0 Å². The first kappa shape index (κ1) is 20.1. The lowest BCUT2D eigenvalue weighted by molar-refractivity contribution is 0.00517. The largest absolute Gasteiger partial charge is 0.385 e. The Morgan fingerprint density at radius 2 is 1.89 bits per heavy atom. The van der Waals surface area contributed by atoms with Crippen molar-refractivity contribution < 1.29 is 5.11 Å². The molecule has 27 heavy (non-hydrogen) atoms. The van der Waals surface area contributed by atoms with Crippen LogP contribution in [-0.4, -0.2) is 36.2 Å². The maximum Gasteiger partial charge on any atom is 0.0940 e. The molecule has 3 heteroatoms. The van der Waals surface area contributed by atoms with E-state index in [1.807, 2.05) is 24.3 Å². The van der Waals surface area contributed by atoms with Crippen LogP contribution in [0.15, 0.2) is 60.2 Å². The molecule has 2 atom stereocenters. The quantitative estimate of drug-likeness (QED) is 0.694. The third kappa shape index (κ3) is 5.22. The predicted molar refractivity (Wildman–Crippen MR) is 115 cm³/mol. The second-order valence-electron chi connectivity index (χ2n) is 8.02. The van der Waals surface area contributed by atoms with Crippen LogP contribution in [0.3, 0.4) is 0 Å². The highest BCUT2D eigenvalue weighted by Gasteiger charge is 2.41. The lowest BCUT2D eigenvalue weighted by atomic mass is 9.75. The summed E-state index contributed by atoms with van der Waals surface area (Å²) in [6, 6.07) is 18.3. The Morgan fingerprint density at radius 3 is 2.59 bits per heavy atom. The molecule has 0 bridgehead atoms. The van der Waals surface area contributed by atoms with Crippen LogP contribution < -0.4 is 0 Å². The summed E-state index contributed by atoms with van der Waals surface area (Å²) >= 11 is 6.22. The fraction of sp³-hybridized carbons (Fsp3) is 0.417. The molecule has 144 valence electrons. The number of hydrogen-bond acceptors (Lipinski definition) is 2. The minimum Gasteiger partial charge on any atom is -0.385 e. The summed E-state index contributed by atoms with van der Waals surface area (Å²) < 4.78 is 0. The topological polar surface area (TPSA) is 23.5 Å². The minimum absolute atomic E-state index is 0.198. The minimum atomic E-state index is -0.860.